The second-order valence-electron chi connectivity index (χ2n) is 11.8. The summed E-state index contributed by atoms with van der Waals surface area (Å²) in [6.45, 7) is 7.33. The van der Waals surface area contributed by atoms with Gasteiger partial charge in [-0.1, -0.05) is 24.3 Å². The summed E-state index contributed by atoms with van der Waals surface area (Å²) in [7, 11) is 4.00. The first kappa shape index (κ1) is 29.0. The van der Waals surface area contributed by atoms with Crippen molar-refractivity contribution in [1.29, 1.82) is 0 Å². The number of anilines is 1. The Morgan fingerprint density at radius 1 is 0.930 bits per heavy atom. The number of pyridine rings is 1. The average molecular weight is 583 g/mol. The number of piperazine rings is 1. The van der Waals surface area contributed by atoms with Gasteiger partial charge in [-0.2, -0.15) is 5.10 Å². The largest absolute Gasteiger partial charge is 0.383 e. The van der Waals surface area contributed by atoms with E-state index in [2.05, 4.69) is 49.3 Å². The quantitative estimate of drug-likeness (QED) is 0.328. The second kappa shape index (κ2) is 12.6. The Balaban J connectivity index is 1.08. The molecule has 0 aliphatic carbocycles. The maximum absolute atomic E-state index is 15.0. The van der Waals surface area contributed by atoms with Gasteiger partial charge in [0.1, 0.15) is 11.6 Å². The molecule has 43 heavy (non-hydrogen) atoms. The van der Waals surface area contributed by atoms with Crippen molar-refractivity contribution in [1.82, 2.24) is 34.8 Å². The highest BCUT2D eigenvalue weighted by atomic mass is 19.1. The molecule has 2 aromatic carbocycles. The van der Waals surface area contributed by atoms with Crippen LogP contribution in [0, 0.1) is 5.82 Å². The molecule has 2 aromatic heterocycles. The van der Waals surface area contributed by atoms with Crippen LogP contribution in [0.5, 0.6) is 0 Å². The van der Waals surface area contributed by atoms with Crippen LogP contribution in [0.2, 0.25) is 0 Å². The number of carbonyl (C=O) groups excluding carboxylic acids is 1. The summed E-state index contributed by atoms with van der Waals surface area (Å²) in [6.07, 6.45) is 6.08. The van der Waals surface area contributed by atoms with Gasteiger partial charge in [-0.05, 0) is 54.4 Å². The van der Waals surface area contributed by atoms with E-state index in [1.54, 1.807) is 29.2 Å². The van der Waals surface area contributed by atoms with Crippen molar-refractivity contribution in [2.75, 3.05) is 52.0 Å². The zero-order chi connectivity index (χ0) is 29.9. The zero-order valence-corrected chi connectivity index (χ0v) is 24.8. The number of nitrogens with one attached hydrogen (secondary N) is 1. The number of benzene rings is 2. The maximum Gasteiger partial charge on any atom is 0.255 e. The number of likely N-dealkylation sites (N-methyl/N-ethyl adjacent to an activating group) is 1. The van der Waals surface area contributed by atoms with E-state index in [1.807, 2.05) is 37.5 Å². The number of nitrogen functional groups attached to an aromatic ring is 1. The topological polar surface area (TPSA) is 95.5 Å². The van der Waals surface area contributed by atoms with Gasteiger partial charge in [0.2, 0.25) is 0 Å². The van der Waals surface area contributed by atoms with E-state index < -0.39 is 0 Å². The molecule has 10 heteroatoms. The Labute approximate surface area is 252 Å². The third kappa shape index (κ3) is 6.93. The number of halogens is 1. The monoisotopic (exact) mass is 582 g/mol. The summed E-state index contributed by atoms with van der Waals surface area (Å²) in [5.41, 5.74) is 11.9. The minimum Gasteiger partial charge on any atom is -0.383 e. The fourth-order valence-electron chi connectivity index (χ4n) is 5.99. The zero-order valence-electron chi connectivity index (χ0n) is 24.8. The minimum atomic E-state index is -0.233. The first-order valence-electron chi connectivity index (χ1n) is 14.9. The van der Waals surface area contributed by atoms with Crippen LogP contribution in [0.25, 0.3) is 22.3 Å². The molecule has 224 valence electrons. The molecule has 0 unspecified atom stereocenters. The fourth-order valence-corrected chi connectivity index (χ4v) is 5.99. The predicted octanol–water partition coefficient (Wildman–Crippen LogP) is 3.62. The molecular formula is C33H39FN8O. The van der Waals surface area contributed by atoms with Crippen molar-refractivity contribution < 1.29 is 9.18 Å². The van der Waals surface area contributed by atoms with Crippen molar-refractivity contribution >= 4 is 11.7 Å². The lowest BCUT2D eigenvalue weighted by molar-refractivity contribution is 0.0938. The predicted molar refractivity (Wildman–Crippen MR) is 167 cm³/mol. The highest BCUT2D eigenvalue weighted by Crippen LogP contribution is 2.27. The van der Waals surface area contributed by atoms with Crippen LogP contribution in [0.3, 0.4) is 0 Å². The second-order valence-corrected chi connectivity index (χ2v) is 11.8. The van der Waals surface area contributed by atoms with Crippen molar-refractivity contribution in [3.8, 4) is 22.3 Å². The van der Waals surface area contributed by atoms with Crippen LogP contribution in [-0.2, 0) is 20.1 Å². The number of carbonyl (C=O) groups is 1. The van der Waals surface area contributed by atoms with E-state index >= 15 is 4.39 Å². The number of hydrogen-bond acceptors (Lipinski definition) is 7. The number of rotatable bonds is 8. The lowest BCUT2D eigenvalue weighted by Crippen LogP contribution is -2.43. The van der Waals surface area contributed by atoms with E-state index in [0.717, 1.165) is 67.9 Å². The SMILES string of the molecule is CN1CCN(Cc2cccc(-c3cc(CN4CC[C@@H](NC(=O)c5cc(-c6cnn(C)c6)cnc5N)C4)ccc3F)c2)CC1. The molecule has 4 aromatic rings. The minimum absolute atomic E-state index is 0.0138. The Morgan fingerprint density at radius 2 is 1.72 bits per heavy atom. The Kier molecular flexibility index (Phi) is 8.51. The molecule has 3 N–H and O–H groups in total. The number of aryl methyl sites for hydroxylation is 1. The van der Waals surface area contributed by atoms with Gasteiger partial charge in [0, 0.05) is 94.5 Å². The standard InChI is InChI=1S/C33H39FN8O/c1-39-10-12-41(13-11-39)19-23-4-3-5-25(14-23)29-15-24(6-7-31(29)34)20-42-9-8-28(22-42)38-33(43)30-16-26(17-36-32(30)35)27-18-37-40(2)21-27/h3-7,14-18,21,28H,8-13,19-20,22H2,1-2H3,(H2,35,36)(H,38,43)/t28-/m1/s1. The molecule has 9 nitrogen and oxygen atoms in total. The molecule has 2 saturated heterocycles. The highest BCUT2D eigenvalue weighted by Gasteiger charge is 2.26. The van der Waals surface area contributed by atoms with E-state index in [1.165, 1.54) is 5.56 Å². The van der Waals surface area contributed by atoms with Gasteiger partial charge < -0.3 is 16.0 Å². The van der Waals surface area contributed by atoms with Crippen LogP contribution in [0.1, 0.15) is 27.9 Å². The van der Waals surface area contributed by atoms with Crippen LogP contribution < -0.4 is 11.1 Å². The average Bonchev–Trinajstić information content (AvgIpc) is 3.64. The summed E-state index contributed by atoms with van der Waals surface area (Å²) < 4.78 is 16.7. The normalized spacial score (nSPS) is 18.3. The molecule has 1 atom stereocenters. The number of aromatic nitrogens is 3. The molecule has 2 aliphatic heterocycles. The van der Waals surface area contributed by atoms with Crippen LogP contribution in [-0.4, -0.2) is 87.7 Å². The van der Waals surface area contributed by atoms with Crippen LogP contribution in [0.4, 0.5) is 10.2 Å². The number of amides is 1. The van der Waals surface area contributed by atoms with Crippen molar-refractivity contribution in [2.24, 2.45) is 7.05 Å². The molecule has 1 amide bonds. The first-order chi connectivity index (χ1) is 20.8. The van der Waals surface area contributed by atoms with Crippen LogP contribution in [0.15, 0.2) is 67.1 Å². The number of hydrogen-bond donors (Lipinski definition) is 2. The number of nitrogens with zero attached hydrogens (tertiary/aromatic N) is 6. The summed E-state index contributed by atoms with van der Waals surface area (Å²) >= 11 is 0. The molecule has 0 bridgehead atoms. The highest BCUT2D eigenvalue weighted by molar-refractivity contribution is 5.99. The summed E-state index contributed by atoms with van der Waals surface area (Å²) in [6, 6.07) is 15.4. The molecular weight excluding hydrogens is 543 g/mol. The smallest absolute Gasteiger partial charge is 0.255 e. The lowest BCUT2D eigenvalue weighted by atomic mass is 10.00. The summed E-state index contributed by atoms with van der Waals surface area (Å²) in [5, 5.41) is 7.33. The first-order valence-corrected chi connectivity index (χ1v) is 14.9. The van der Waals surface area contributed by atoms with E-state index in [-0.39, 0.29) is 23.6 Å². The molecule has 0 spiro atoms. The Hall–Kier alpha value is -4.12. The lowest BCUT2D eigenvalue weighted by Gasteiger charge is -2.32. The molecule has 0 radical (unpaired) electrons. The van der Waals surface area contributed by atoms with Gasteiger partial charge in [-0.15, -0.1) is 0 Å². The van der Waals surface area contributed by atoms with E-state index in [0.29, 0.717) is 24.2 Å². The molecule has 2 fully saturated rings. The molecule has 2 aliphatic rings. The summed E-state index contributed by atoms with van der Waals surface area (Å²) in [4.78, 5) is 24.5. The molecule has 4 heterocycles. The number of nitrogens with two attached hydrogens (primary N) is 1. The Bertz CT molecular complexity index is 1600. The molecule has 0 saturated carbocycles. The Morgan fingerprint density at radius 3 is 2.51 bits per heavy atom. The van der Waals surface area contributed by atoms with Gasteiger partial charge >= 0.3 is 0 Å². The van der Waals surface area contributed by atoms with Gasteiger partial charge in [0.05, 0.1) is 11.8 Å². The van der Waals surface area contributed by atoms with Gasteiger partial charge in [-0.25, -0.2) is 9.37 Å². The third-order valence-corrected chi connectivity index (χ3v) is 8.49. The van der Waals surface area contributed by atoms with Crippen molar-refractivity contribution in [2.45, 2.75) is 25.6 Å². The molecule has 6 rings (SSSR count). The van der Waals surface area contributed by atoms with Gasteiger partial charge in [0.15, 0.2) is 0 Å². The fraction of sp³-hybridized carbons (Fsp3) is 0.364. The van der Waals surface area contributed by atoms with E-state index in [9.17, 15) is 4.79 Å². The summed E-state index contributed by atoms with van der Waals surface area (Å²) in [5.74, 6) is -0.249. The number of likely N-dealkylation sites (tertiary alicyclic amines) is 1. The van der Waals surface area contributed by atoms with Gasteiger partial charge in [-0.3, -0.25) is 19.3 Å². The van der Waals surface area contributed by atoms with E-state index in [4.69, 9.17) is 5.73 Å². The van der Waals surface area contributed by atoms with Gasteiger partial charge in [0.25, 0.3) is 5.91 Å². The van der Waals surface area contributed by atoms with Crippen molar-refractivity contribution in [3.63, 3.8) is 0 Å². The third-order valence-electron chi connectivity index (χ3n) is 8.49. The van der Waals surface area contributed by atoms with Crippen molar-refractivity contribution in [3.05, 3.63) is 89.6 Å². The van der Waals surface area contributed by atoms with Crippen LogP contribution >= 0.6 is 0 Å². The maximum atomic E-state index is 15.0.